The van der Waals surface area contributed by atoms with Crippen molar-refractivity contribution in [3.8, 4) is 0 Å². The van der Waals surface area contributed by atoms with Crippen LogP contribution < -0.4 is 0 Å². The molecule has 2 saturated heterocycles. The fourth-order valence-electron chi connectivity index (χ4n) is 3.32. The first-order valence-electron chi connectivity index (χ1n) is 8.23. The molecule has 1 amide bonds. The quantitative estimate of drug-likeness (QED) is 0.784. The lowest BCUT2D eigenvalue weighted by atomic mass is 9.95. The summed E-state index contributed by atoms with van der Waals surface area (Å²) < 4.78 is 0. The fraction of sp³-hybridized carbons (Fsp3) is 0.938. The second-order valence-corrected chi connectivity index (χ2v) is 6.98. The van der Waals surface area contributed by atoms with Crippen LogP contribution in [-0.2, 0) is 4.79 Å². The van der Waals surface area contributed by atoms with E-state index in [4.69, 9.17) is 0 Å². The van der Waals surface area contributed by atoms with Gasteiger partial charge in [0.25, 0.3) is 0 Å². The average Bonchev–Trinajstić information content (AvgIpc) is 2.41. The van der Waals surface area contributed by atoms with Crippen LogP contribution in [0.1, 0.15) is 40.5 Å². The third-order valence-electron chi connectivity index (χ3n) is 4.94. The van der Waals surface area contributed by atoms with Crippen LogP contribution in [0.5, 0.6) is 0 Å². The number of carbonyl (C=O) groups excluding carboxylic acids is 1. The molecule has 0 aromatic heterocycles. The summed E-state index contributed by atoms with van der Waals surface area (Å²) in [5.41, 5.74) is 0. The number of hydrogen-bond donors (Lipinski definition) is 0. The lowest BCUT2D eigenvalue weighted by Crippen LogP contribution is -2.54. The molecule has 0 bridgehead atoms. The third kappa shape index (κ3) is 3.95. The predicted octanol–water partition coefficient (Wildman–Crippen LogP) is 1.66. The molecule has 0 unspecified atom stereocenters. The van der Waals surface area contributed by atoms with E-state index in [9.17, 15) is 4.79 Å². The molecule has 0 N–H and O–H groups in total. The molecule has 0 spiro atoms. The van der Waals surface area contributed by atoms with Gasteiger partial charge in [0.15, 0.2) is 0 Å². The Labute approximate surface area is 124 Å². The number of piperazine rings is 1. The van der Waals surface area contributed by atoms with Crippen LogP contribution in [0.25, 0.3) is 0 Å². The number of likely N-dealkylation sites (tertiary alicyclic amines) is 1. The molecule has 2 fully saturated rings. The summed E-state index contributed by atoms with van der Waals surface area (Å²) >= 11 is 0. The highest BCUT2D eigenvalue weighted by Crippen LogP contribution is 2.21. The SMILES string of the molecule is CC(C)N1CCC(CN2CCN(C(C)C)CC2=O)CC1. The standard InChI is InChI=1S/C16H31N3O/c1-13(2)17-7-5-15(6-8-17)11-19-10-9-18(14(3)4)12-16(19)20/h13-15H,5-12H2,1-4H3. The van der Waals surface area contributed by atoms with E-state index in [-0.39, 0.29) is 0 Å². The summed E-state index contributed by atoms with van der Waals surface area (Å²) in [7, 11) is 0. The third-order valence-corrected chi connectivity index (χ3v) is 4.94. The maximum Gasteiger partial charge on any atom is 0.236 e. The Morgan fingerprint density at radius 2 is 1.55 bits per heavy atom. The molecule has 2 heterocycles. The minimum absolute atomic E-state index is 0.330. The van der Waals surface area contributed by atoms with Crippen molar-refractivity contribution in [3.63, 3.8) is 0 Å². The van der Waals surface area contributed by atoms with E-state index in [0.29, 0.717) is 30.5 Å². The van der Waals surface area contributed by atoms with Gasteiger partial charge in [-0.25, -0.2) is 0 Å². The smallest absolute Gasteiger partial charge is 0.236 e. The van der Waals surface area contributed by atoms with Crippen LogP contribution in [0.2, 0.25) is 0 Å². The Balaban J connectivity index is 1.76. The Morgan fingerprint density at radius 1 is 0.950 bits per heavy atom. The van der Waals surface area contributed by atoms with Crippen molar-refractivity contribution in [1.82, 2.24) is 14.7 Å². The number of rotatable bonds is 4. The van der Waals surface area contributed by atoms with Crippen molar-refractivity contribution < 1.29 is 4.79 Å². The van der Waals surface area contributed by atoms with Gasteiger partial charge in [-0.15, -0.1) is 0 Å². The number of nitrogens with zero attached hydrogens (tertiary/aromatic N) is 3. The van der Waals surface area contributed by atoms with E-state index in [1.54, 1.807) is 0 Å². The Bertz CT molecular complexity index is 322. The van der Waals surface area contributed by atoms with E-state index < -0.39 is 0 Å². The van der Waals surface area contributed by atoms with Gasteiger partial charge in [-0.3, -0.25) is 9.69 Å². The first-order valence-corrected chi connectivity index (χ1v) is 8.23. The molecule has 2 aliphatic heterocycles. The molecular weight excluding hydrogens is 250 g/mol. The van der Waals surface area contributed by atoms with Gasteiger partial charge in [0.05, 0.1) is 6.54 Å². The molecule has 0 aromatic rings. The molecule has 116 valence electrons. The maximum atomic E-state index is 12.2. The van der Waals surface area contributed by atoms with Gasteiger partial charge < -0.3 is 9.80 Å². The van der Waals surface area contributed by atoms with Gasteiger partial charge in [-0.1, -0.05) is 0 Å². The van der Waals surface area contributed by atoms with Crippen LogP contribution in [0.4, 0.5) is 0 Å². The Kier molecular flexibility index (Phi) is 5.44. The highest BCUT2D eigenvalue weighted by Gasteiger charge is 2.28. The second-order valence-electron chi connectivity index (χ2n) is 6.98. The van der Waals surface area contributed by atoms with Crippen molar-refractivity contribution in [3.05, 3.63) is 0 Å². The van der Waals surface area contributed by atoms with Crippen molar-refractivity contribution in [2.45, 2.75) is 52.6 Å². The average molecular weight is 281 g/mol. The van der Waals surface area contributed by atoms with Crippen LogP contribution in [0, 0.1) is 5.92 Å². The normalized spacial score (nSPS) is 24.1. The van der Waals surface area contributed by atoms with E-state index in [0.717, 1.165) is 19.6 Å². The Morgan fingerprint density at radius 3 is 2.05 bits per heavy atom. The summed E-state index contributed by atoms with van der Waals surface area (Å²) in [5.74, 6) is 1.04. The highest BCUT2D eigenvalue weighted by molar-refractivity contribution is 5.79. The van der Waals surface area contributed by atoms with E-state index >= 15 is 0 Å². The summed E-state index contributed by atoms with van der Waals surface area (Å²) in [6.07, 6.45) is 2.49. The van der Waals surface area contributed by atoms with Crippen LogP contribution >= 0.6 is 0 Å². The van der Waals surface area contributed by atoms with Crippen molar-refractivity contribution in [2.75, 3.05) is 39.3 Å². The molecule has 0 atom stereocenters. The molecule has 0 radical (unpaired) electrons. The molecule has 4 nitrogen and oxygen atoms in total. The van der Waals surface area contributed by atoms with Crippen molar-refractivity contribution in [1.29, 1.82) is 0 Å². The first-order chi connectivity index (χ1) is 9.47. The molecule has 0 aromatic carbocycles. The van der Waals surface area contributed by atoms with Gasteiger partial charge in [0.2, 0.25) is 5.91 Å². The van der Waals surface area contributed by atoms with Gasteiger partial charge in [0.1, 0.15) is 0 Å². The lowest BCUT2D eigenvalue weighted by Gasteiger charge is -2.40. The monoisotopic (exact) mass is 281 g/mol. The molecule has 4 heteroatoms. The molecule has 0 aliphatic carbocycles. The molecule has 0 saturated carbocycles. The van der Waals surface area contributed by atoms with Crippen LogP contribution in [-0.4, -0.2) is 72.0 Å². The first kappa shape index (κ1) is 15.8. The van der Waals surface area contributed by atoms with Gasteiger partial charge in [0, 0.05) is 31.7 Å². The van der Waals surface area contributed by atoms with E-state index in [1.807, 2.05) is 0 Å². The van der Waals surface area contributed by atoms with Gasteiger partial charge in [-0.2, -0.15) is 0 Å². The largest absolute Gasteiger partial charge is 0.340 e. The zero-order valence-corrected chi connectivity index (χ0v) is 13.6. The summed E-state index contributed by atoms with van der Waals surface area (Å²) in [5, 5.41) is 0. The number of amides is 1. The minimum Gasteiger partial charge on any atom is -0.340 e. The molecule has 20 heavy (non-hydrogen) atoms. The fourth-order valence-corrected chi connectivity index (χ4v) is 3.32. The topological polar surface area (TPSA) is 26.8 Å². The highest BCUT2D eigenvalue weighted by atomic mass is 16.2. The number of piperidine rings is 1. The molecule has 2 rings (SSSR count). The minimum atomic E-state index is 0.330. The summed E-state index contributed by atoms with van der Waals surface area (Å²) in [6.45, 7) is 14.8. The Hall–Kier alpha value is -0.610. The number of hydrogen-bond acceptors (Lipinski definition) is 3. The van der Waals surface area contributed by atoms with Crippen LogP contribution in [0.15, 0.2) is 0 Å². The van der Waals surface area contributed by atoms with Crippen LogP contribution in [0.3, 0.4) is 0 Å². The zero-order chi connectivity index (χ0) is 14.7. The summed E-state index contributed by atoms with van der Waals surface area (Å²) in [4.78, 5) is 19.2. The maximum absolute atomic E-state index is 12.2. The van der Waals surface area contributed by atoms with Gasteiger partial charge >= 0.3 is 0 Å². The lowest BCUT2D eigenvalue weighted by molar-refractivity contribution is -0.137. The molecular formula is C16H31N3O. The zero-order valence-electron chi connectivity index (χ0n) is 13.6. The van der Waals surface area contributed by atoms with E-state index in [1.165, 1.54) is 25.9 Å². The predicted molar refractivity (Wildman–Crippen MR) is 82.7 cm³/mol. The second kappa shape index (κ2) is 6.90. The molecule has 2 aliphatic rings. The summed E-state index contributed by atoms with van der Waals surface area (Å²) in [6, 6.07) is 1.14. The van der Waals surface area contributed by atoms with Gasteiger partial charge in [-0.05, 0) is 59.5 Å². The van der Waals surface area contributed by atoms with Crippen molar-refractivity contribution >= 4 is 5.91 Å². The number of carbonyl (C=O) groups is 1. The van der Waals surface area contributed by atoms with E-state index in [2.05, 4.69) is 42.4 Å². The van der Waals surface area contributed by atoms with Crippen molar-refractivity contribution in [2.24, 2.45) is 5.92 Å².